The van der Waals surface area contributed by atoms with Crippen molar-refractivity contribution in [1.29, 1.82) is 0 Å². The lowest BCUT2D eigenvalue weighted by atomic mass is 10.2. The van der Waals surface area contributed by atoms with E-state index in [0.29, 0.717) is 5.15 Å². The Hall–Kier alpha value is -0.520. The number of hydrogen-bond acceptors (Lipinski definition) is 3. The van der Waals surface area contributed by atoms with Gasteiger partial charge in [-0.05, 0) is 57.0 Å². The van der Waals surface area contributed by atoms with Crippen molar-refractivity contribution in [3.05, 3.63) is 44.5 Å². The summed E-state index contributed by atoms with van der Waals surface area (Å²) in [4.78, 5) is 4.05. The van der Waals surface area contributed by atoms with Gasteiger partial charge in [-0.2, -0.15) is 0 Å². The van der Waals surface area contributed by atoms with E-state index in [9.17, 15) is 0 Å². The molecule has 2 rings (SSSR count). The molecule has 6 heteroatoms. The van der Waals surface area contributed by atoms with Gasteiger partial charge in [0.2, 0.25) is 0 Å². The van der Waals surface area contributed by atoms with Crippen molar-refractivity contribution >= 4 is 49.1 Å². The fourth-order valence-electron chi connectivity index (χ4n) is 1.38. The normalized spacial score (nSPS) is 12.5. The number of halogens is 3. The minimum atomic E-state index is 0.0520. The Morgan fingerprint density at radius 1 is 1.41 bits per heavy atom. The Morgan fingerprint density at radius 3 is 2.76 bits per heavy atom. The molecule has 0 aliphatic carbocycles. The molecular weight excluding hydrogens is 371 g/mol. The Morgan fingerprint density at radius 2 is 2.18 bits per heavy atom. The Kier molecular flexibility index (Phi) is 4.12. The summed E-state index contributed by atoms with van der Waals surface area (Å²) in [5.41, 5.74) is 0.876. The van der Waals surface area contributed by atoms with Gasteiger partial charge < -0.3 is 9.73 Å². The summed E-state index contributed by atoms with van der Waals surface area (Å²) in [6.07, 6.45) is 1.68. The molecule has 2 aromatic heterocycles. The van der Waals surface area contributed by atoms with Crippen LogP contribution in [0.3, 0.4) is 0 Å². The topological polar surface area (TPSA) is 38.1 Å². The maximum atomic E-state index is 5.83. The van der Waals surface area contributed by atoms with Crippen LogP contribution >= 0.6 is 43.5 Å². The number of anilines is 1. The summed E-state index contributed by atoms with van der Waals surface area (Å²) in [5.74, 6) is 0.850. The lowest BCUT2D eigenvalue weighted by Gasteiger charge is -2.12. The average molecular weight is 380 g/mol. The molecular formula is C11H9Br2ClN2O. The molecule has 0 spiro atoms. The van der Waals surface area contributed by atoms with Crippen LogP contribution in [0.1, 0.15) is 18.7 Å². The van der Waals surface area contributed by atoms with Crippen LogP contribution in [0.4, 0.5) is 5.69 Å². The monoisotopic (exact) mass is 378 g/mol. The van der Waals surface area contributed by atoms with Crippen molar-refractivity contribution in [1.82, 2.24) is 4.98 Å². The number of aromatic nitrogens is 1. The molecule has 1 atom stereocenters. The van der Waals surface area contributed by atoms with E-state index in [4.69, 9.17) is 16.0 Å². The quantitative estimate of drug-likeness (QED) is 0.760. The van der Waals surface area contributed by atoms with E-state index in [1.165, 1.54) is 0 Å². The second-order valence-corrected chi connectivity index (χ2v) is 5.50. The summed E-state index contributed by atoms with van der Waals surface area (Å²) >= 11 is 12.4. The Labute approximate surface area is 121 Å². The summed E-state index contributed by atoms with van der Waals surface area (Å²) in [5, 5.41) is 3.72. The molecule has 0 bridgehead atoms. The highest BCUT2D eigenvalue weighted by Gasteiger charge is 2.10. The summed E-state index contributed by atoms with van der Waals surface area (Å²) in [6.45, 7) is 2.01. The van der Waals surface area contributed by atoms with E-state index < -0.39 is 0 Å². The van der Waals surface area contributed by atoms with Crippen LogP contribution in [0, 0.1) is 0 Å². The highest BCUT2D eigenvalue weighted by molar-refractivity contribution is 9.10. The van der Waals surface area contributed by atoms with E-state index in [0.717, 1.165) is 20.6 Å². The molecule has 2 aromatic rings. The zero-order valence-corrected chi connectivity index (χ0v) is 12.8. The molecule has 0 saturated carbocycles. The second kappa shape index (κ2) is 5.42. The molecule has 0 aliphatic rings. The van der Waals surface area contributed by atoms with Crippen molar-refractivity contribution in [2.24, 2.45) is 0 Å². The molecule has 1 N–H and O–H groups in total. The SMILES string of the molecule is CC(Nc1cnc(Cl)c(Br)c1)c1ccc(Br)o1. The number of nitrogens with one attached hydrogen (secondary N) is 1. The van der Waals surface area contributed by atoms with Gasteiger partial charge in [0.15, 0.2) is 4.67 Å². The van der Waals surface area contributed by atoms with Gasteiger partial charge in [-0.3, -0.25) is 0 Å². The third-order valence-electron chi connectivity index (χ3n) is 2.20. The average Bonchev–Trinajstić information content (AvgIpc) is 2.70. The predicted octanol–water partition coefficient (Wildman–Crippen LogP) is 5.03. The molecule has 3 nitrogen and oxygen atoms in total. The molecule has 1 unspecified atom stereocenters. The minimum absolute atomic E-state index is 0.0520. The van der Waals surface area contributed by atoms with Gasteiger partial charge in [-0.15, -0.1) is 0 Å². The molecule has 0 amide bonds. The molecule has 0 aliphatic heterocycles. The first-order valence-electron chi connectivity index (χ1n) is 4.89. The third kappa shape index (κ3) is 3.24. The fourth-order valence-corrected chi connectivity index (χ4v) is 2.15. The van der Waals surface area contributed by atoms with Gasteiger partial charge in [0.25, 0.3) is 0 Å². The lowest BCUT2D eigenvalue weighted by molar-refractivity contribution is 0.471. The smallest absolute Gasteiger partial charge is 0.169 e. The van der Waals surface area contributed by atoms with Gasteiger partial charge in [0, 0.05) is 0 Å². The van der Waals surface area contributed by atoms with Crippen molar-refractivity contribution < 1.29 is 4.42 Å². The summed E-state index contributed by atoms with van der Waals surface area (Å²) in [6, 6.07) is 5.71. The van der Waals surface area contributed by atoms with Crippen LogP contribution in [0.25, 0.3) is 0 Å². The number of pyridine rings is 1. The highest BCUT2D eigenvalue weighted by Crippen LogP contribution is 2.27. The summed E-state index contributed by atoms with van der Waals surface area (Å²) < 4.78 is 6.95. The van der Waals surface area contributed by atoms with E-state index in [1.54, 1.807) is 6.20 Å². The maximum absolute atomic E-state index is 5.83. The van der Waals surface area contributed by atoms with Crippen molar-refractivity contribution in [2.45, 2.75) is 13.0 Å². The fraction of sp³-hybridized carbons (Fsp3) is 0.182. The van der Waals surface area contributed by atoms with Crippen LogP contribution < -0.4 is 5.32 Å². The molecule has 0 saturated heterocycles. The molecule has 0 fully saturated rings. The van der Waals surface area contributed by atoms with Gasteiger partial charge in [0.1, 0.15) is 10.9 Å². The number of furan rings is 1. The van der Waals surface area contributed by atoms with Gasteiger partial charge >= 0.3 is 0 Å². The van der Waals surface area contributed by atoms with Crippen LogP contribution in [0.5, 0.6) is 0 Å². The first kappa shape index (κ1) is 12.9. The van der Waals surface area contributed by atoms with Crippen molar-refractivity contribution in [2.75, 3.05) is 5.32 Å². The maximum Gasteiger partial charge on any atom is 0.169 e. The van der Waals surface area contributed by atoms with Crippen LogP contribution in [-0.2, 0) is 0 Å². The molecule has 17 heavy (non-hydrogen) atoms. The van der Waals surface area contributed by atoms with Gasteiger partial charge in [-0.1, -0.05) is 11.6 Å². The lowest BCUT2D eigenvalue weighted by Crippen LogP contribution is -2.05. The van der Waals surface area contributed by atoms with Gasteiger partial charge in [-0.25, -0.2) is 4.98 Å². The Balaban J connectivity index is 2.12. The standard InChI is InChI=1S/C11H9Br2ClN2O/c1-6(9-2-3-10(13)17-9)16-7-4-8(12)11(14)15-5-7/h2-6,16H,1H3. The van der Waals surface area contributed by atoms with E-state index in [1.807, 2.05) is 25.1 Å². The predicted molar refractivity (Wildman–Crippen MR) is 75.4 cm³/mol. The molecule has 0 radical (unpaired) electrons. The van der Waals surface area contributed by atoms with E-state index in [-0.39, 0.29) is 6.04 Å². The second-order valence-electron chi connectivity index (χ2n) is 3.50. The minimum Gasteiger partial charge on any atom is -0.452 e. The van der Waals surface area contributed by atoms with E-state index >= 15 is 0 Å². The van der Waals surface area contributed by atoms with Crippen molar-refractivity contribution in [3.8, 4) is 0 Å². The van der Waals surface area contributed by atoms with Crippen LogP contribution in [-0.4, -0.2) is 4.98 Å². The van der Waals surface area contributed by atoms with E-state index in [2.05, 4.69) is 42.2 Å². The molecule has 2 heterocycles. The summed E-state index contributed by atoms with van der Waals surface area (Å²) in [7, 11) is 0. The molecule has 0 aromatic carbocycles. The first-order chi connectivity index (χ1) is 8.06. The Bertz CT molecular complexity index is 530. The number of nitrogens with zero attached hydrogens (tertiary/aromatic N) is 1. The van der Waals surface area contributed by atoms with Gasteiger partial charge in [0.05, 0.1) is 22.4 Å². The zero-order chi connectivity index (χ0) is 12.4. The van der Waals surface area contributed by atoms with Crippen molar-refractivity contribution in [3.63, 3.8) is 0 Å². The zero-order valence-electron chi connectivity index (χ0n) is 8.88. The largest absolute Gasteiger partial charge is 0.452 e. The highest BCUT2D eigenvalue weighted by atomic mass is 79.9. The third-order valence-corrected chi connectivity index (χ3v) is 3.76. The first-order valence-corrected chi connectivity index (χ1v) is 6.85. The number of hydrogen-bond donors (Lipinski definition) is 1. The van der Waals surface area contributed by atoms with Crippen LogP contribution in [0.15, 0.2) is 38.0 Å². The number of rotatable bonds is 3. The van der Waals surface area contributed by atoms with Crippen LogP contribution in [0.2, 0.25) is 5.15 Å². The molecule has 90 valence electrons.